The predicted molar refractivity (Wildman–Crippen MR) is 105 cm³/mol. The van der Waals surface area contributed by atoms with Crippen molar-refractivity contribution in [2.75, 3.05) is 5.73 Å². The largest absolute Gasteiger partial charge is 0.457 e. The van der Waals surface area contributed by atoms with Gasteiger partial charge < -0.3 is 15.2 Å². The van der Waals surface area contributed by atoms with E-state index in [0.29, 0.717) is 11.3 Å². The van der Waals surface area contributed by atoms with Crippen molar-refractivity contribution in [2.24, 2.45) is 0 Å². The minimum atomic E-state index is -0.626. The topological polar surface area (TPSA) is 70.3 Å². The summed E-state index contributed by atoms with van der Waals surface area (Å²) in [5.74, 6) is 1.05. The van der Waals surface area contributed by atoms with Crippen LogP contribution in [-0.4, -0.2) is 9.97 Å². The van der Waals surface area contributed by atoms with E-state index >= 15 is 0 Å². The molecule has 2 N–H and O–H groups in total. The van der Waals surface area contributed by atoms with Crippen molar-refractivity contribution in [3.8, 4) is 34.3 Å². The van der Waals surface area contributed by atoms with E-state index in [1.54, 1.807) is 12.3 Å². The zero-order chi connectivity index (χ0) is 19.3. The molecule has 0 saturated heterocycles. The highest BCUT2D eigenvalue weighted by atomic mass is 19.1. The minimum Gasteiger partial charge on any atom is -0.457 e. The summed E-state index contributed by atoms with van der Waals surface area (Å²) in [6.07, 6.45) is 2.95. The summed E-state index contributed by atoms with van der Waals surface area (Å²) >= 11 is 0. The van der Waals surface area contributed by atoms with Gasteiger partial charge >= 0.3 is 0 Å². The molecule has 0 atom stereocenters. The molecule has 1 heterocycles. The van der Waals surface area contributed by atoms with Gasteiger partial charge in [0, 0.05) is 6.20 Å². The highest BCUT2D eigenvalue weighted by molar-refractivity contribution is 5.68. The molecule has 138 valence electrons. The number of ether oxygens (including phenoxy) is 2. The molecule has 0 saturated carbocycles. The second-order valence-electron chi connectivity index (χ2n) is 5.94. The molecular weight excluding hydrogens is 357 g/mol. The maximum absolute atomic E-state index is 14.2. The molecular formula is C22H16FN3O2. The van der Waals surface area contributed by atoms with Crippen LogP contribution in [0.5, 0.6) is 23.1 Å². The number of nitrogen functional groups attached to an aromatic ring is 1. The van der Waals surface area contributed by atoms with E-state index in [0.717, 1.165) is 11.3 Å². The molecule has 0 amide bonds. The van der Waals surface area contributed by atoms with Crippen LogP contribution >= 0.6 is 0 Å². The number of para-hydroxylation sites is 1. The lowest BCUT2D eigenvalue weighted by Crippen LogP contribution is -1.97. The average molecular weight is 373 g/mol. The lowest BCUT2D eigenvalue weighted by atomic mass is 10.1. The van der Waals surface area contributed by atoms with Gasteiger partial charge in [0.05, 0.1) is 11.3 Å². The van der Waals surface area contributed by atoms with Crippen LogP contribution in [0.3, 0.4) is 0 Å². The van der Waals surface area contributed by atoms with E-state index in [2.05, 4.69) is 9.97 Å². The minimum absolute atomic E-state index is 0.00369. The highest BCUT2D eigenvalue weighted by Gasteiger charge is 2.13. The first-order valence-electron chi connectivity index (χ1n) is 8.56. The van der Waals surface area contributed by atoms with E-state index in [4.69, 9.17) is 15.2 Å². The highest BCUT2D eigenvalue weighted by Crippen LogP contribution is 2.34. The van der Waals surface area contributed by atoms with Gasteiger partial charge in [-0.3, -0.25) is 0 Å². The molecule has 0 aliphatic carbocycles. The number of nitrogens with two attached hydrogens (primary N) is 1. The molecule has 0 fully saturated rings. The summed E-state index contributed by atoms with van der Waals surface area (Å²) < 4.78 is 25.6. The average Bonchev–Trinajstić information content (AvgIpc) is 2.73. The van der Waals surface area contributed by atoms with Gasteiger partial charge in [0.15, 0.2) is 11.6 Å². The van der Waals surface area contributed by atoms with Crippen LogP contribution in [0.1, 0.15) is 0 Å². The summed E-state index contributed by atoms with van der Waals surface area (Å²) in [4.78, 5) is 8.19. The first-order chi connectivity index (χ1) is 13.7. The smallest absolute Gasteiger partial charge is 0.230 e. The number of rotatable bonds is 5. The molecule has 0 bridgehead atoms. The molecule has 28 heavy (non-hydrogen) atoms. The number of aromatic nitrogens is 2. The van der Waals surface area contributed by atoms with Crippen molar-refractivity contribution in [1.82, 2.24) is 9.97 Å². The van der Waals surface area contributed by atoms with Crippen LogP contribution in [0, 0.1) is 5.82 Å². The van der Waals surface area contributed by atoms with Gasteiger partial charge in [-0.1, -0.05) is 36.4 Å². The zero-order valence-electron chi connectivity index (χ0n) is 14.7. The third-order valence-corrected chi connectivity index (χ3v) is 4.02. The summed E-state index contributed by atoms with van der Waals surface area (Å²) in [5.41, 5.74) is 7.04. The fourth-order valence-electron chi connectivity index (χ4n) is 2.64. The zero-order valence-corrected chi connectivity index (χ0v) is 14.7. The lowest BCUT2D eigenvalue weighted by molar-refractivity contribution is 0.429. The van der Waals surface area contributed by atoms with Gasteiger partial charge in [-0.15, -0.1) is 0 Å². The molecule has 0 aliphatic rings. The summed E-state index contributed by atoms with van der Waals surface area (Å²) in [5, 5.41) is 0. The molecule has 6 heteroatoms. The summed E-state index contributed by atoms with van der Waals surface area (Å²) in [6, 6.07) is 21.5. The Bertz CT molecular complexity index is 1090. The Morgan fingerprint density at radius 2 is 1.54 bits per heavy atom. The van der Waals surface area contributed by atoms with Crippen LogP contribution in [0.25, 0.3) is 11.1 Å². The number of halogens is 1. The molecule has 3 aromatic carbocycles. The van der Waals surface area contributed by atoms with Crippen molar-refractivity contribution < 1.29 is 13.9 Å². The Morgan fingerprint density at radius 3 is 2.32 bits per heavy atom. The number of nitrogens with zero attached hydrogens (tertiary/aromatic N) is 2. The van der Waals surface area contributed by atoms with Crippen LogP contribution in [0.2, 0.25) is 0 Å². The van der Waals surface area contributed by atoms with E-state index in [9.17, 15) is 4.39 Å². The normalized spacial score (nSPS) is 10.5. The molecule has 0 aliphatic heterocycles. The van der Waals surface area contributed by atoms with Crippen LogP contribution in [0.15, 0.2) is 85.3 Å². The van der Waals surface area contributed by atoms with Gasteiger partial charge in [-0.2, -0.15) is 0 Å². The molecule has 5 nitrogen and oxygen atoms in total. The monoisotopic (exact) mass is 373 g/mol. The molecule has 0 radical (unpaired) electrons. The maximum Gasteiger partial charge on any atom is 0.230 e. The Hall–Kier alpha value is -3.93. The SMILES string of the molecule is Nc1cccc(Oc2ncncc2-c2ccc(Oc3ccccc3)cc2)c1F. The lowest BCUT2D eigenvalue weighted by Gasteiger charge is -2.11. The van der Waals surface area contributed by atoms with Crippen LogP contribution in [-0.2, 0) is 0 Å². The Morgan fingerprint density at radius 1 is 0.786 bits per heavy atom. The third-order valence-electron chi connectivity index (χ3n) is 4.02. The summed E-state index contributed by atoms with van der Waals surface area (Å²) in [6.45, 7) is 0. The quantitative estimate of drug-likeness (QED) is 0.471. The van der Waals surface area contributed by atoms with Gasteiger partial charge in [0.2, 0.25) is 5.88 Å². The fourth-order valence-corrected chi connectivity index (χ4v) is 2.64. The molecule has 4 aromatic rings. The second kappa shape index (κ2) is 7.75. The number of anilines is 1. The number of hydrogen-bond donors (Lipinski definition) is 1. The third kappa shape index (κ3) is 3.76. The standard InChI is InChI=1S/C22H16FN3O2/c23-21-19(24)7-4-8-20(21)28-22-18(13-25-14-26-22)15-9-11-17(12-10-15)27-16-5-2-1-3-6-16/h1-14H,24H2. The second-order valence-corrected chi connectivity index (χ2v) is 5.94. The van der Waals surface area contributed by atoms with Gasteiger partial charge in [0.25, 0.3) is 0 Å². The summed E-state index contributed by atoms with van der Waals surface area (Å²) in [7, 11) is 0. The Kier molecular flexibility index (Phi) is 4.84. The van der Waals surface area contributed by atoms with Gasteiger partial charge in [-0.05, 0) is 42.0 Å². The van der Waals surface area contributed by atoms with E-state index < -0.39 is 5.82 Å². The van der Waals surface area contributed by atoms with Crippen LogP contribution < -0.4 is 15.2 Å². The first-order valence-corrected chi connectivity index (χ1v) is 8.56. The predicted octanol–water partition coefficient (Wildman–Crippen LogP) is 5.45. The maximum atomic E-state index is 14.2. The van der Waals surface area contributed by atoms with E-state index in [1.165, 1.54) is 18.5 Å². The van der Waals surface area contributed by atoms with Crippen molar-refractivity contribution in [3.63, 3.8) is 0 Å². The van der Waals surface area contributed by atoms with Crippen molar-refractivity contribution >= 4 is 5.69 Å². The van der Waals surface area contributed by atoms with E-state index in [1.807, 2.05) is 54.6 Å². The molecule has 0 unspecified atom stereocenters. The van der Waals surface area contributed by atoms with Crippen molar-refractivity contribution in [3.05, 3.63) is 91.1 Å². The molecule has 0 spiro atoms. The van der Waals surface area contributed by atoms with Crippen molar-refractivity contribution in [2.45, 2.75) is 0 Å². The Balaban J connectivity index is 1.60. The Labute approximate surface area is 161 Å². The van der Waals surface area contributed by atoms with Gasteiger partial charge in [-0.25, -0.2) is 14.4 Å². The number of benzene rings is 3. The first kappa shape index (κ1) is 17.5. The van der Waals surface area contributed by atoms with E-state index in [-0.39, 0.29) is 17.3 Å². The van der Waals surface area contributed by atoms with Crippen LogP contribution in [0.4, 0.5) is 10.1 Å². The molecule has 4 rings (SSSR count). The van der Waals surface area contributed by atoms with Crippen molar-refractivity contribution in [1.29, 1.82) is 0 Å². The van der Waals surface area contributed by atoms with Gasteiger partial charge in [0.1, 0.15) is 17.8 Å². The molecule has 1 aromatic heterocycles. The fraction of sp³-hybridized carbons (Fsp3) is 0. The number of hydrogen-bond acceptors (Lipinski definition) is 5.